The minimum atomic E-state index is -1.81. The van der Waals surface area contributed by atoms with Crippen molar-refractivity contribution >= 4 is 8.32 Å². The van der Waals surface area contributed by atoms with Gasteiger partial charge in [0.25, 0.3) is 0 Å². The Hall–Kier alpha value is -0.163. The van der Waals surface area contributed by atoms with E-state index in [-0.39, 0.29) is 29.5 Å². The van der Waals surface area contributed by atoms with E-state index in [9.17, 15) is 0 Å². The highest BCUT2D eigenvalue weighted by atomic mass is 28.4. The Kier molecular flexibility index (Phi) is 6.02. The summed E-state index contributed by atoms with van der Waals surface area (Å²) < 4.78 is 18.2. The molecule has 0 amide bonds. The van der Waals surface area contributed by atoms with E-state index in [1.165, 1.54) is 0 Å². The number of hydrogen-bond donors (Lipinski definition) is 0. The first-order valence-corrected chi connectivity index (χ1v) is 10.6. The van der Waals surface area contributed by atoms with Gasteiger partial charge in [-0.1, -0.05) is 33.8 Å². The number of ether oxygens (including phenoxy) is 2. The van der Waals surface area contributed by atoms with Crippen LogP contribution in [0.4, 0.5) is 0 Å². The topological polar surface area (TPSA) is 27.7 Å². The highest BCUT2D eigenvalue weighted by molar-refractivity contribution is 6.74. The average Bonchev–Trinajstić information content (AvgIpc) is 2.36. The molecule has 1 aliphatic heterocycles. The van der Waals surface area contributed by atoms with E-state index in [1.807, 2.05) is 6.08 Å². The van der Waals surface area contributed by atoms with E-state index >= 15 is 0 Å². The zero-order chi connectivity index (χ0) is 15.6. The van der Waals surface area contributed by atoms with Crippen molar-refractivity contribution < 1.29 is 13.9 Å². The normalized spacial score (nSPS) is 32.1. The van der Waals surface area contributed by atoms with Crippen LogP contribution in [0.3, 0.4) is 0 Å². The quantitative estimate of drug-likeness (QED) is 0.564. The van der Waals surface area contributed by atoms with Crippen LogP contribution in [-0.2, 0) is 13.9 Å². The van der Waals surface area contributed by atoms with Crippen molar-refractivity contribution in [2.24, 2.45) is 0 Å². The van der Waals surface area contributed by atoms with E-state index in [0.717, 1.165) is 12.8 Å². The summed E-state index contributed by atoms with van der Waals surface area (Å²) in [6.45, 7) is 17.4. The van der Waals surface area contributed by atoms with Gasteiger partial charge in [-0.25, -0.2) is 0 Å². The van der Waals surface area contributed by atoms with Gasteiger partial charge in [0.1, 0.15) is 6.10 Å². The van der Waals surface area contributed by atoms with Crippen molar-refractivity contribution in [3.8, 4) is 0 Å². The molecule has 3 nitrogen and oxygen atoms in total. The summed E-state index contributed by atoms with van der Waals surface area (Å²) >= 11 is 0. The van der Waals surface area contributed by atoms with Gasteiger partial charge in [0.15, 0.2) is 8.32 Å². The molecule has 0 aromatic heterocycles. The molecule has 1 heterocycles. The van der Waals surface area contributed by atoms with E-state index < -0.39 is 8.32 Å². The lowest BCUT2D eigenvalue weighted by Crippen LogP contribution is -2.53. The van der Waals surface area contributed by atoms with Crippen LogP contribution < -0.4 is 0 Å². The molecule has 0 aliphatic carbocycles. The molecule has 1 rings (SSSR count). The molecule has 0 bridgehead atoms. The number of rotatable bonds is 5. The fourth-order valence-corrected chi connectivity index (χ4v) is 3.72. The fourth-order valence-electron chi connectivity index (χ4n) is 2.38. The van der Waals surface area contributed by atoms with Gasteiger partial charge >= 0.3 is 0 Å². The standard InChI is InChI=1S/C16H32O3Si/c1-9-12-14(17-6)11-15(13(10-2)18-12)19-20(7,8)16(3,4)5/h10,12-15H,2,9,11H2,1,3-8H3/t12-,13+,14+,15-/m0/s1. The lowest BCUT2D eigenvalue weighted by Gasteiger charge is -2.45. The molecule has 20 heavy (non-hydrogen) atoms. The predicted molar refractivity (Wildman–Crippen MR) is 86.6 cm³/mol. The van der Waals surface area contributed by atoms with E-state index in [1.54, 1.807) is 7.11 Å². The van der Waals surface area contributed by atoms with Crippen molar-refractivity contribution in [2.45, 2.75) is 83.1 Å². The van der Waals surface area contributed by atoms with Crippen LogP contribution in [0, 0.1) is 0 Å². The molecule has 0 unspecified atom stereocenters. The van der Waals surface area contributed by atoms with Crippen LogP contribution in [0.1, 0.15) is 40.5 Å². The van der Waals surface area contributed by atoms with Crippen LogP contribution in [0.15, 0.2) is 12.7 Å². The van der Waals surface area contributed by atoms with Crippen molar-refractivity contribution in [2.75, 3.05) is 7.11 Å². The molecule has 1 aliphatic rings. The van der Waals surface area contributed by atoms with Gasteiger partial charge in [-0.05, 0) is 24.6 Å². The van der Waals surface area contributed by atoms with Crippen molar-refractivity contribution in [3.63, 3.8) is 0 Å². The van der Waals surface area contributed by atoms with Gasteiger partial charge < -0.3 is 13.9 Å². The summed E-state index contributed by atoms with van der Waals surface area (Å²) in [7, 11) is -0.0500. The summed E-state index contributed by atoms with van der Waals surface area (Å²) in [5.74, 6) is 0. The van der Waals surface area contributed by atoms with Gasteiger partial charge in [-0.15, -0.1) is 6.58 Å². The first-order valence-electron chi connectivity index (χ1n) is 7.65. The van der Waals surface area contributed by atoms with E-state index in [2.05, 4.69) is 47.4 Å². The van der Waals surface area contributed by atoms with Crippen molar-refractivity contribution in [1.29, 1.82) is 0 Å². The largest absolute Gasteiger partial charge is 0.411 e. The fraction of sp³-hybridized carbons (Fsp3) is 0.875. The summed E-state index contributed by atoms with van der Waals surface area (Å²) in [6, 6.07) is 0. The monoisotopic (exact) mass is 300 g/mol. The average molecular weight is 301 g/mol. The SMILES string of the molecule is C=C[C@H]1O[C@@H](CC)[C@H](OC)C[C@@H]1O[Si](C)(C)C(C)(C)C. The molecule has 0 radical (unpaired) electrons. The molecule has 0 aromatic carbocycles. The third-order valence-electron chi connectivity index (χ3n) is 4.77. The Morgan fingerprint density at radius 3 is 2.30 bits per heavy atom. The summed E-state index contributed by atoms with van der Waals surface area (Å²) in [5, 5.41) is 0.197. The molecule has 0 spiro atoms. The maximum Gasteiger partial charge on any atom is 0.192 e. The second kappa shape index (κ2) is 6.73. The second-order valence-electron chi connectivity index (χ2n) is 7.21. The van der Waals surface area contributed by atoms with Gasteiger partial charge in [0, 0.05) is 13.5 Å². The lowest BCUT2D eigenvalue weighted by molar-refractivity contribution is -0.157. The Morgan fingerprint density at radius 2 is 1.90 bits per heavy atom. The number of hydrogen-bond acceptors (Lipinski definition) is 3. The smallest absolute Gasteiger partial charge is 0.192 e. The molecular weight excluding hydrogens is 268 g/mol. The zero-order valence-corrected chi connectivity index (χ0v) is 15.2. The van der Waals surface area contributed by atoms with Crippen molar-refractivity contribution in [3.05, 3.63) is 12.7 Å². The highest BCUT2D eigenvalue weighted by Gasteiger charge is 2.44. The third-order valence-corrected chi connectivity index (χ3v) is 9.27. The first kappa shape index (κ1) is 17.9. The Balaban J connectivity index is 2.85. The van der Waals surface area contributed by atoms with Crippen LogP contribution >= 0.6 is 0 Å². The molecule has 1 saturated heterocycles. The number of methoxy groups -OCH3 is 1. The molecule has 0 N–H and O–H groups in total. The minimum Gasteiger partial charge on any atom is -0.411 e. The van der Waals surface area contributed by atoms with Crippen LogP contribution in [0.25, 0.3) is 0 Å². The lowest BCUT2D eigenvalue weighted by atomic mass is 9.96. The van der Waals surface area contributed by atoms with Crippen molar-refractivity contribution in [1.82, 2.24) is 0 Å². The van der Waals surface area contributed by atoms with Gasteiger partial charge in [-0.3, -0.25) is 0 Å². The van der Waals surface area contributed by atoms with Crippen LogP contribution in [0.5, 0.6) is 0 Å². The second-order valence-corrected chi connectivity index (χ2v) is 12.0. The van der Waals surface area contributed by atoms with Crippen LogP contribution in [-0.4, -0.2) is 39.8 Å². The third kappa shape index (κ3) is 3.94. The Labute approximate surface area is 125 Å². The molecule has 1 fully saturated rings. The maximum atomic E-state index is 6.53. The first-order chi connectivity index (χ1) is 9.16. The summed E-state index contributed by atoms with van der Waals surface area (Å²) in [4.78, 5) is 0. The Bertz CT molecular complexity index is 322. The Morgan fingerprint density at radius 1 is 1.30 bits per heavy atom. The van der Waals surface area contributed by atoms with Gasteiger partial charge in [0.2, 0.25) is 0 Å². The van der Waals surface area contributed by atoms with Crippen LogP contribution in [0.2, 0.25) is 18.1 Å². The van der Waals surface area contributed by atoms with E-state index in [4.69, 9.17) is 13.9 Å². The maximum absolute atomic E-state index is 6.53. The van der Waals surface area contributed by atoms with E-state index in [0.29, 0.717) is 0 Å². The highest BCUT2D eigenvalue weighted by Crippen LogP contribution is 2.39. The molecule has 4 heteroatoms. The minimum absolute atomic E-state index is 0.0273. The summed E-state index contributed by atoms with van der Waals surface area (Å²) in [5.41, 5.74) is 0. The molecule has 4 atom stereocenters. The zero-order valence-electron chi connectivity index (χ0n) is 14.2. The van der Waals surface area contributed by atoms with Gasteiger partial charge in [0.05, 0.1) is 18.3 Å². The molecule has 0 aromatic rings. The predicted octanol–water partition coefficient (Wildman–Crippen LogP) is 4.15. The molecular formula is C16H32O3Si. The van der Waals surface area contributed by atoms with Gasteiger partial charge in [-0.2, -0.15) is 0 Å². The summed E-state index contributed by atoms with van der Waals surface area (Å²) in [6.07, 6.45) is 4.01. The molecule has 0 saturated carbocycles. The molecule has 118 valence electrons.